The predicted octanol–water partition coefficient (Wildman–Crippen LogP) is 7.47. The minimum atomic E-state index is -9.78. The van der Waals surface area contributed by atoms with Gasteiger partial charge in [-0.2, -0.15) is 0 Å². The maximum absolute atomic E-state index is 13.3. The van der Waals surface area contributed by atoms with E-state index in [2.05, 4.69) is 33.5 Å². The molecule has 0 saturated carbocycles. The highest BCUT2D eigenvalue weighted by Gasteiger charge is 2.65. The van der Waals surface area contributed by atoms with Gasteiger partial charge in [-0.15, -0.1) is 0 Å². The zero-order chi connectivity index (χ0) is 30.3. The van der Waals surface area contributed by atoms with Crippen LogP contribution in [-0.2, 0) is 0 Å². The Labute approximate surface area is 242 Å². The Morgan fingerprint density at radius 3 is 2.29 bits per heavy atom. The third kappa shape index (κ3) is 6.95. The number of carboxylic acid groups (broad SMARTS) is 1. The number of piperazine rings is 1. The zero-order valence-corrected chi connectivity index (χ0v) is 24.6. The van der Waals surface area contributed by atoms with E-state index >= 15 is 0 Å². The van der Waals surface area contributed by atoms with Gasteiger partial charge in [0.25, 0.3) is 0 Å². The van der Waals surface area contributed by atoms with E-state index < -0.39 is 21.2 Å². The SMILES string of the molecule is CC(C)N1CCN(CCN(C(=O)O)C2CCN(c3cccc(-c4cc5cc(S(F)(F)(F)(F)F)ccc5[nH]4)c3)CC2)CC1. The molecule has 1 amide bonds. The Morgan fingerprint density at radius 1 is 0.976 bits per heavy atom. The van der Waals surface area contributed by atoms with Crippen molar-refractivity contribution < 1.29 is 29.3 Å². The molecule has 232 valence electrons. The van der Waals surface area contributed by atoms with Crippen LogP contribution in [0.15, 0.2) is 53.4 Å². The number of piperidine rings is 1. The number of aromatic nitrogens is 1. The molecule has 2 N–H and O–H groups in total. The molecule has 2 aliphatic heterocycles. The second kappa shape index (κ2) is 10.6. The van der Waals surface area contributed by atoms with Crippen LogP contribution < -0.4 is 4.90 Å². The first-order valence-corrected chi connectivity index (χ1v) is 16.2. The molecule has 0 spiro atoms. The van der Waals surface area contributed by atoms with Crippen LogP contribution in [0.3, 0.4) is 0 Å². The Morgan fingerprint density at radius 2 is 1.67 bits per heavy atom. The third-order valence-electron chi connectivity index (χ3n) is 8.51. The van der Waals surface area contributed by atoms with E-state index in [1.165, 1.54) is 6.07 Å². The van der Waals surface area contributed by atoms with Crippen molar-refractivity contribution in [1.29, 1.82) is 0 Å². The summed E-state index contributed by atoms with van der Waals surface area (Å²) in [5.74, 6) is 0. The van der Waals surface area contributed by atoms with Crippen molar-refractivity contribution in [3.8, 4) is 11.3 Å². The van der Waals surface area contributed by atoms with Crippen molar-refractivity contribution in [1.82, 2.24) is 19.7 Å². The number of hydrogen-bond acceptors (Lipinski definition) is 4. The summed E-state index contributed by atoms with van der Waals surface area (Å²) >= 11 is 0. The van der Waals surface area contributed by atoms with Gasteiger partial charge in [-0.3, -0.25) is 9.80 Å². The maximum atomic E-state index is 13.3. The van der Waals surface area contributed by atoms with Crippen molar-refractivity contribution in [2.24, 2.45) is 0 Å². The lowest BCUT2D eigenvalue weighted by atomic mass is 10.0. The molecule has 5 rings (SSSR count). The molecule has 0 aliphatic carbocycles. The summed E-state index contributed by atoms with van der Waals surface area (Å²) < 4.78 is 66.5. The van der Waals surface area contributed by atoms with Crippen LogP contribution in [-0.4, -0.2) is 95.3 Å². The van der Waals surface area contributed by atoms with Gasteiger partial charge in [0.2, 0.25) is 0 Å². The topological polar surface area (TPSA) is 66.0 Å². The van der Waals surface area contributed by atoms with Crippen molar-refractivity contribution in [2.75, 3.05) is 57.3 Å². The first kappa shape index (κ1) is 30.4. The van der Waals surface area contributed by atoms with Gasteiger partial charge in [0.15, 0.2) is 0 Å². The lowest BCUT2D eigenvalue weighted by molar-refractivity contribution is 0.0816. The smallest absolute Gasteiger partial charge is 0.407 e. The lowest BCUT2D eigenvalue weighted by Crippen LogP contribution is -2.53. The van der Waals surface area contributed by atoms with Crippen LogP contribution in [0.5, 0.6) is 0 Å². The fourth-order valence-corrected chi connectivity index (χ4v) is 6.67. The number of rotatable bonds is 8. The molecule has 2 fully saturated rings. The quantitative estimate of drug-likeness (QED) is 0.258. The number of benzene rings is 2. The fraction of sp³-hybridized carbons (Fsp3) is 0.483. The van der Waals surface area contributed by atoms with Gasteiger partial charge in [-0.25, -0.2) is 4.79 Å². The molecule has 3 heterocycles. The van der Waals surface area contributed by atoms with Gasteiger partial charge in [0.1, 0.15) is 4.90 Å². The Bertz CT molecular complexity index is 1430. The number of carbonyl (C=O) groups is 1. The highest BCUT2D eigenvalue weighted by Crippen LogP contribution is 3.02. The van der Waals surface area contributed by atoms with E-state index in [0.717, 1.165) is 37.9 Å². The number of nitrogens with one attached hydrogen (secondary N) is 1. The number of fused-ring (bicyclic) bond motifs is 1. The Balaban J connectivity index is 1.22. The minimum Gasteiger partial charge on any atom is -0.465 e. The number of halogens is 5. The van der Waals surface area contributed by atoms with Crippen LogP contribution >= 0.6 is 10.2 Å². The normalized spacial score (nSPS) is 19.7. The second-order valence-electron chi connectivity index (χ2n) is 11.6. The van der Waals surface area contributed by atoms with E-state index in [0.29, 0.717) is 74.0 Å². The lowest BCUT2D eigenvalue weighted by Gasteiger charge is -2.40. The van der Waals surface area contributed by atoms with Crippen molar-refractivity contribution >= 4 is 32.9 Å². The number of amides is 1. The maximum Gasteiger partial charge on any atom is 0.407 e. The number of nitrogens with zero attached hydrogens (tertiary/aromatic N) is 4. The largest absolute Gasteiger partial charge is 0.465 e. The molecule has 3 aromatic rings. The Hall–Kier alpha value is -3.03. The highest BCUT2D eigenvalue weighted by molar-refractivity contribution is 8.45. The first-order valence-electron chi connectivity index (χ1n) is 14.3. The fourth-order valence-electron chi connectivity index (χ4n) is 6.00. The molecule has 2 saturated heterocycles. The third-order valence-corrected chi connectivity index (χ3v) is 9.65. The molecule has 2 aliphatic rings. The zero-order valence-electron chi connectivity index (χ0n) is 23.8. The predicted molar refractivity (Wildman–Crippen MR) is 158 cm³/mol. The molecule has 0 bridgehead atoms. The average Bonchev–Trinajstić information content (AvgIpc) is 3.36. The standard InChI is InChI=1S/C29H38F5N5O2S/c1-21(2)37-15-12-36(13-16-37)14-17-39(29(40)41)24-8-10-38(11-9-24)25-5-3-4-22(18-25)28-20-23-19-26(6-7-27(23)35-28)42(30,31,32,33)34/h3-7,18-21,24,35H,8-17H2,1-2H3,(H,40,41). The summed E-state index contributed by atoms with van der Waals surface area (Å²) in [6.07, 6.45) is 0.464. The van der Waals surface area contributed by atoms with Crippen molar-refractivity contribution in [3.63, 3.8) is 0 Å². The molecule has 13 heteroatoms. The van der Waals surface area contributed by atoms with Crippen LogP contribution in [0.1, 0.15) is 26.7 Å². The van der Waals surface area contributed by atoms with Gasteiger partial charge in [0, 0.05) is 86.7 Å². The number of hydrogen-bond donors (Lipinski definition) is 2. The molecule has 7 nitrogen and oxygen atoms in total. The summed E-state index contributed by atoms with van der Waals surface area (Å²) in [5, 5.41) is 10.00. The summed E-state index contributed by atoms with van der Waals surface area (Å²) in [7, 11) is -9.78. The monoisotopic (exact) mass is 615 g/mol. The van der Waals surface area contributed by atoms with Crippen molar-refractivity contribution in [2.45, 2.75) is 43.7 Å². The van der Waals surface area contributed by atoms with Crippen LogP contribution in [0, 0.1) is 0 Å². The molecule has 0 radical (unpaired) electrons. The van der Waals surface area contributed by atoms with E-state index in [9.17, 15) is 29.3 Å². The highest BCUT2D eigenvalue weighted by atomic mass is 32.5. The summed E-state index contributed by atoms with van der Waals surface area (Å²) in [5.41, 5.74) is 2.47. The van der Waals surface area contributed by atoms with Crippen LogP contribution in [0.2, 0.25) is 0 Å². The summed E-state index contributed by atoms with van der Waals surface area (Å²) in [4.78, 5) is 21.8. The van der Waals surface area contributed by atoms with Gasteiger partial charge < -0.3 is 19.9 Å². The Kier molecular flexibility index (Phi) is 7.68. The first-order chi connectivity index (χ1) is 19.6. The number of anilines is 1. The summed E-state index contributed by atoms with van der Waals surface area (Å²) in [6.45, 7) is 10.7. The van der Waals surface area contributed by atoms with Crippen LogP contribution in [0.25, 0.3) is 22.2 Å². The van der Waals surface area contributed by atoms with Crippen molar-refractivity contribution in [3.05, 3.63) is 48.5 Å². The van der Waals surface area contributed by atoms with Gasteiger partial charge in [-0.05, 0) is 68.7 Å². The van der Waals surface area contributed by atoms with E-state index in [1.54, 1.807) is 11.0 Å². The van der Waals surface area contributed by atoms with Gasteiger partial charge in [-0.1, -0.05) is 31.6 Å². The average molecular weight is 616 g/mol. The minimum absolute atomic E-state index is 0.0533. The molecule has 2 aromatic carbocycles. The van der Waals surface area contributed by atoms with Gasteiger partial charge in [0.05, 0.1) is 0 Å². The molecule has 42 heavy (non-hydrogen) atoms. The molecule has 1 aromatic heterocycles. The number of aromatic amines is 1. The number of H-pyrrole nitrogens is 1. The van der Waals surface area contributed by atoms with E-state index in [4.69, 9.17) is 0 Å². The molecule has 0 unspecified atom stereocenters. The molecule has 0 atom stereocenters. The van der Waals surface area contributed by atoms with Crippen LogP contribution in [0.4, 0.5) is 29.9 Å². The molecular formula is C29H38F5N5O2S. The van der Waals surface area contributed by atoms with E-state index in [1.807, 2.05) is 18.2 Å². The molecular weight excluding hydrogens is 577 g/mol. The van der Waals surface area contributed by atoms with Gasteiger partial charge >= 0.3 is 16.3 Å². The second-order valence-corrected chi connectivity index (χ2v) is 14.0. The van der Waals surface area contributed by atoms with E-state index in [-0.39, 0.29) is 11.4 Å². The summed E-state index contributed by atoms with van der Waals surface area (Å²) in [6, 6.07) is 11.3.